The molecule has 0 spiro atoms. The summed E-state index contributed by atoms with van der Waals surface area (Å²) in [6.07, 6.45) is 2.22. The number of nitrogens with two attached hydrogens (primary N) is 1. The van der Waals surface area contributed by atoms with Crippen LogP contribution in [0.3, 0.4) is 0 Å². The number of carbonyl (C=O) groups is 1. The van der Waals surface area contributed by atoms with Crippen molar-refractivity contribution in [2.75, 3.05) is 26.7 Å². The van der Waals surface area contributed by atoms with Gasteiger partial charge in [0.15, 0.2) is 0 Å². The lowest BCUT2D eigenvalue weighted by molar-refractivity contribution is -0.137. The zero-order chi connectivity index (χ0) is 16.3. The predicted octanol–water partition coefficient (Wildman–Crippen LogP) is 0.141. The average Bonchev–Trinajstić information content (AvgIpc) is 2.78. The minimum absolute atomic E-state index is 0.156. The monoisotopic (exact) mass is 308 g/mol. The molecule has 0 aliphatic carbocycles. The van der Waals surface area contributed by atoms with Gasteiger partial charge in [0.2, 0.25) is 5.91 Å². The van der Waals surface area contributed by atoms with E-state index in [2.05, 4.69) is 17.1 Å². The fourth-order valence-electron chi connectivity index (χ4n) is 3.13. The summed E-state index contributed by atoms with van der Waals surface area (Å²) in [5, 5.41) is 8.19. The van der Waals surface area contributed by atoms with E-state index in [1.165, 1.54) is 0 Å². The topological polar surface area (TPSA) is 80.3 Å². The second-order valence-corrected chi connectivity index (χ2v) is 6.40. The van der Waals surface area contributed by atoms with E-state index in [-0.39, 0.29) is 11.9 Å². The van der Waals surface area contributed by atoms with Crippen LogP contribution in [0.15, 0.2) is 0 Å². The van der Waals surface area contributed by atoms with E-state index in [0.717, 1.165) is 31.0 Å². The maximum atomic E-state index is 12.6. The number of carbonyl (C=O) groups excluding carboxylic acids is 1. The van der Waals surface area contributed by atoms with Crippen LogP contribution in [0.5, 0.6) is 0 Å². The smallest absolute Gasteiger partial charge is 0.237 e. The van der Waals surface area contributed by atoms with Gasteiger partial charge in [-0.1, -0.05) is 6.92 Å². The fourth-order valence-corrected chi connectivity index (χ4v) is 3.13. The Morgan fingerprint density at radius 1 is 1.45 bits per heavy atom. The molecular weight excluding hydrogens is 280 g/mol. The van der Waals surface area contributed by atoms with Crippen LogP contribution >= 0.6 is 0 Å². The third-order valence-corrected chi connectivity index (χ3v) is 4.68. The Kier molecular flexibility index (Phi) is 5.52. The summed E-state index contributed by atoms with van der Waals surface area (Å²) >= 11 is 0. The molecule has 0 saturated carbocycles. The van der Waals surface area contributed by atoms with Gasteiger partial charge in [-0.3, -0.25) is 9.69 Å². The van der Waals surface area contributed by atoms with Crippen molar-refractivity contribution in [2.45, 2.75) is 39.3 Å². The lowest BCUT2D eigenvalue weighted by atomic mass is 9.91. The van der Waals surface area contributed by atoms with Gasteiger partial charge in [-0.2, -0.15) is 0 Å². The van der Waals surface area contributed by atoms with Crippen molar-refractivity contribution in [1.82, 2.24) is 24.6 Å². The first-order valence-electron chi connectivity index (χ1n) is 7.97. The predicted molar refractivity (Wildman–Crippen MR) is 85.0 cm³/mol. The Balaban J connectivity index is 1.94. The zero-order valence-electron chi connectivity index (χ0n) is 14.1. The van der Waals surface area contributed by atoms with E-state index in [0.29, 0.717) is 25.6 Å². The standard InChI is InChI=1S/C15H28N6O/c1-11-6-5-7-21(13(11)8-16)15(22)10-19(3)9-14-18-17-12(2)20(14)4/h11,13H,5-10,16H2,1-4H3. The minimum Gasteiger partial charge on any atom is -0.337 e. The highest BCUT2D eigenvalue weighted by atomic mass is 16.2. The van der Waals surface area contributed by atoms with Crippen LogP contribution in [0.4, 0.5) is 0 Å². The molecule has 2 rings (SSSR count). The van der Waals surface area contributed by atoms with Gasteiger partial charge in [-0.05, 0) is 32.7 Å². The van der Waals surface area contributed by atoms with E-state index in [9.17, 15) is 4.79 Å². The van der Waals surface area contributed by atoms with E-state index >= 15 is 0 Å². The summed E-state index contributed by atoms with van der Waals surface area (Å²) in [5.41, 5.74) is 5.87. The molecule has 2 N–H and O–H groups in total. The van der Waals surface area contributed by atoms with Crippen molar-refractivity contribution in [3.8, 4) is 0 Å². The van der Waals surface area contributed by atoms with Crippen molar-refractivity contribution in [3.63, 3.8) is 0 Å². The molecule has 7 nitrogen and oxygen atoms in total. The van der Waals surface area contributed by atoms with Crippen LogP contribution in [0.2, 0.25) is 0 Å². The van der Waals surface area contributed by atoms with Crippen molar-refractivity contribution < 1.29 is 4.79 Å². The molecule has 1 aromatic heterocycles. The number of hydrogen-bond donors (Lipinski definition) is 1. The molecule has 1 aliphatic rings. The van der Waals surface area contributed by atoms with Gasteiger partial charge in [-0.15, -0.1) is 10.2 Å². The molecule has 22 heavy (non-hydrogen) atoms. The molecule has 2 atom stereocenters. The number of likely N-dealkylation sites (tertiary alicyclic amines) is 1. The highest BCUT2D eigenvalue weighted by Gasteiger charge is 2.31. The largest absolute Gasteiger partial charge is 0.337 e. The Bertz CT molecular complexity index is 514. The number of amides is 1. The number of nitrogens with zero attached hydrogens (tertiary/aromatic N) is 5. The van der Waals surface area contributed by atoms with Crippen molar-refractivity contribution in [3.05, 3.63) is 11.6 Å². The third kappa shape index (κ3) is 3.64. The lowest BCUT2D eigenvalue weighted by Gasteiger charge is -2.40. The van der Waals surface area contributed by atoms with Crippen LogP contribution in [0.1, 0.15) is 31.4 Å². The first-order valence-corrected chi connectivity index (χ1v) is 7.97. The minimum atomic E-state index is 0.156. The van der Waals surface area contributed by atoms with Gasteiger partial charge >= 0.3 is 0 Å². The number of piperidine rings is 1. The number of rotatable bonds is 5. The van der Waals surface area contributed by atoms with Crippen LogP contribution in [-0.2, 0) is 18.4 Å². The maximum Gasteiger partial charge on any atom is 0.237 e. The molecular formula is C15H28N6O. The molecule has 1 amide bonds. The van der Waals surface area contributed by atoms with Crippen molar-refractivity contribution in [2.24, 2.45) is 18.7 Å². The van der Waals surface area contributed by atoms with Gasteiger partial charge < -0.3 is 15.2 Å². The first kappa shape index (κ1) is 16.9. The second-order valence-electron chi connectivity index (χ2n) is 6.40. The molecule has 2 heterocycles. The molecule has 1 aromatic rings. The Labute approximate surface area is 132 Å². The molecule has 7 heteroatoms. The zero-order valence-corrected chi connectivity index (χ0v) is 14.1. The number of aromatic nitrogens is 3. The Morgan fingerprint density at radius 3 is 2.77 bits per heavy atom. The van der Waals surface area contributed by atoms with E-state index in [4.69, 9.17) is 5.73 Å². The molecule has 2 unspecified atom stereocenters. The summed E-state index contributed by atoms with van der Waals surface area (Å²) in [4.78, 5) is 16.5. The number of likely N-dealkylation sites (N-methyl/N-ethyl adjacent to an activating group) is 1. The highest BCUT2D eigenvalue weighted by Crippen LogP contribution is 2.22. The Hall–Kier alpha value is -1.47. The van der Waals surface area contributed by atoms with Crippen LogP contribution in [0, 0.1) is 12.8 Å². The van der Waals surface area contributed by atoms with Gasteiger partial charge in [0.1, 0.15) is 11.6 Å². The van der Waals surface area contributed by atoms with Crippen LogP contribution in [-0.4, -0.2) is 63.2 Å². The highest BCUT2D eigenvalue weighted by molar-refractivity contribution is 5.78. The number of hydrogen-bond acceptors (Lipinski definition) is 5. The SMILES string of the molecule is Cc1nnc(CN(C)CC(=O)N2CCCC(C)C2CN)n1C. The summed E-state index contributed by atoms with van der Waals surface area (Å²) in [6, 6.07) is 0.173. The molecule has 0 bridgehead atoms. The van der Waals surface area contributed by atoms with Gasteiger partial charge in [0.05, 0.1) is 13.1 Å². The molecule has 0 aromatic carbocycles. The Morgan fingerprint density at radius 2 is 2.18 bits per heavy atom. The van der Waals surface area contributed by atoms with Gasteiger partial charge in [0.25, 0.3) is 0 Å². The van der Waals surface area contributed by atoms with E-state index in [1.54, 1.807) is 0 Å². The summed E-state index contributed by atoms with van der Waals surface area (Å²) < 4.78 is 1.95. The molecule has 0 radical (unpaired) electrons. The average molecular weight is 308 g/mol. The fraction of sp³-hybridized carbons (Fsp3) is 0.800. The second kappa shape index (κ2) is 7.19. The molecule has 1 aliphatic heterocycles. The van der Waals surface area contributed by atoms with Gasteiger partial charge in [-0.25, -0.2) is 0 Å². The van der Waals surface area contributed by atoms with Crippen molar-refractivity contribution >= 4 is 5.91 Å². The molecule has 1 saturated heterocycles. The summed E-state index contributed by atoms with van der Waals surface area (Å²) in [6.45, 7) is 6.46. The van der Waals surface area contributed by atoms with Gasteiger partial charge in [0, 0.05) is 26.2 Å². The van der Waals surface area contributed by atoms with E-state index in [1.807, 2.05) is 35.4 Å². The molecule has 124 valence electrons. The van der Waals surface area contributed by atoms with Crippen molar-refractivity contribution in [1.29, 1.82) is 0 Å². The maximum absolute atomic E-state index is 12.6. The normalized spacial score (nSPS) is 22.4. The van der Waals surface area contributed by atoms with Crippen LogP contribution < -0.4 is 5.73 Å². The quantitative estimate of drug-likeness (QED) is 0.837. The first-order chi connectivity index (χ1) is 10.4. The molecule has 1 fully saturated rings. The summed E-state index contributed by atoms with van der Waals surface area (Å²) in [7, 11) is 3.88. The third-order valence-electron chi connectivity index (χ3n) is 4.68. The lowest BCUT2D eigenvalue weighted by Crippen LogP contribution is -2.53. The number of aryl methyl sites for hydroxylation is 1. The summed E-state index contributed by atoms with van der Waals surface area (Å²) in [5.74, 6) is 2.38. The van der Waals surface area contributed by atoms with E-state index < -0.39 is 0 Å². The van der Waals surface area contributed by atoms with Crippen LogP contribution in [0.25, 0.3) is 0 Å².